The molecule has 1 aromatic rings. The molecule has 0 bridgehead atoms. The standard InChI is InChI=1S/C9H13BrN2O2/c10-8-6-11-7-12(9(8)14)4-2-1-3-5-13/h6-7,13H,1-5H2. The maximum Gasteiger partial charge on any atom is 0.267 e. The summed E-state index contributed by atoms with van der Waals surface area (Å²) in [4.78, 5) is 15.4. The van der Waals surface area contributed by atoms with Gasteiger partial charge in [-0.05, 0) is 35.2 Å². The molecule has 14 heavy (non-hydrogen) atoms. The summed E-state index contributed by atoms with van der Waals surface area (Å²) in [5, 5.41) is 8.57. The molecule has 1 rings (SSSR count). The molecule has 0 aromatic carbocycles. The topological polar surface area (TPSA) is 55.1 Å². The summed E-state index contributed by atoms with van der Waals surface area (Å²) >= 11 is 3.13. The highest BCUT2D eigenvalue weighted by Crippen LogP contribution is 2.00. The average Bonchev–Trinajstić information content (AvgIpc) is 2.19. The predicted octanol–water partition coefficient (Wildman–Crippen LogP) is 1.17. The van der Waals surface area contributed by atoms with Crippen molar-refractivity contribution >= 4 is 15.9 Å². The first kappa shape index (κ1) is 11.4. The Morgan fingerprint density at radius 2 is 2.21 bits per heavy atom. The Hall–Kier alpha value is -0.680. The molecular weight excluding hydrogens is 248 g/mol. The fourth-order valence-electron chi connectivity index (χ4n) is 1.15. The summed E-state index contributed by atoms with van der Waals surface area (Å²) < 4.78 is 2.06. The van der Waals surface area contributed by atoms with E-state index in [9.17, 15) is 4.79 Å². The summed E-state index contributed by atoms with van der Waals surface area (Å²) in [7, 11) is 0. The van der Waals surface area contributed by atoms with Crippen molar-refractivity contribution in [2.24, 2.45) is 0 Å². The van der Waals surface area contributed by atoms with Crippen molar-refractivity contribution in [1.82, 2.24) is 9.55 Å². The highest BCUT2D eigenvalue weighted by molar-refractivity contribution is 9.10. The number of halogens is 1. The molecule has 0 amide bonds. The Morgan fingerprint density at radius 1 is 1.43 bits per heavy atom. The van der Waals surface area contributed by atoms with E-state index in [0.717, 1.165) is 19.3 Å². The largest absolute Gasteiger partial charge is 0.396 e. The van der Waals surface area contributed by atoms with E-state index in [0.29, 0.717) is 11.0 Å². The van der Waals surface area contributed by atoms with Crippen molar-refractivity contribution in [3.05, 3.63) is 27.4 Å². The van der Waals surface area contributed by atoms with Crippen LogP contribution in [0.1, 0.15) is 19.3 Å². The third-order valence-corrected chi connectivity index (χ3v) is 2.46. The smallest absolute Gasteiger partial charge is 0.267 e. The van der Waals surface area contributed by atoms with Gasteiger partial charge in [-0.15, -0.1) is 0 Å². The van der Waals surface area contributed by atoms with Crippen molar-refractivity contribution in [3.8, 4) is 0 Å². The van der Waals surface area contributed by atoms with Gasteiger partial charge in [-0.2, -0.15) is 0 Å². The number of rotatable bonds is 5. The van der Waals surface area contributed by atoms with Gasteiger partial charge >= 0.3 is 0 Å². The molecule has 1 N–H and O–H groups in total. The van der Waals surface area contributed by atoms with Crippen LogP contribution >= 0.6 is 15.9 Å². The van der Waals surface area contributed by atoms with Gasteiger partial charge in [-0.3, -0.25) is 9.36 Å². The molecule has 0 aliphatic carbocycles. The highest BCUT2D eigenvalue weighted by atomic mass is 79.9. The molecule has 0 unspecified atom stereocenters. The first-order valence-electron chi connectivity index (χ1n) is 4.56. The number of nitrogens with zero attached hydrogens (tertiary/aromatic N) is 2. The van der Waals surface area contributed by atoms with Crippen LogP contribution in [0.5, 0.6) is 0 Å². The molecule has 1 heterocycles. The van der Waals surface area contributed by atoms with Crippen LogP contribution in [-0.4, -0.2) is 21.3 Å². The zero-order valence-electron chi connectivity index (χ0n) is 7.82. The quantitative estimate of drug-likeness (QED) is 0.809. The molecule has 0 aliphatic rings. The fraction of sp³-hybridized carbons (Fsp3) is 0.556. The molecule has 0 saturated heterocycles. The molecule has 0 radical (unpaired) electrons. The van der Waals surface area contributed by atoms with Crippen LogP contribution in [0, 0.1) is 0 Å². The lowest BCUT2D eigenvalue weighted by molar-refractivity contribution is 0.281. The fourth-order valence-corrected chi connectivity index (χ4v) is 1.50. The molecule has 1 aromatic heterocycles. The monoisotopic (exact) mass is 260 g/mol. The van der Waals surface area contributed by atoms with Crippen LogP contribution in [0.4, 0.5) is 0 Å². The van der Waals surface area contributed by atoms with Crippen molar-refractivity contribution in [2.45, 2.75) is 25.8 Å². The highest BCUT2D eigenvalue weighted by Gasteiger charge is 1.99. The van der Waals surface area contributed by atoms with E-state index >= 15 is 0 Å². The average molecular weight is 261 g/mol. The Morgan fingerprint density at radius 3 is 2.93 bits per heavy atom. The predicted molar refractivity (Wildman–Crippen MR) is 57.1 cm³/mol. The minimum Gasteiger partial charge on any atom is -0.396 e. The summed E-state index contributed by atoms with van der Waals surface area (Å²) in [6, 6.07) is 0. The van der Waals surface area contributed by atoms with Gasteiger partial charge in [-0.1, -0.05) is 0 Å². The number of hydrogen-bond acceptors (Lipinski definition) is 3. The van der Waals surface area contributed by atoms with E-state index in [4.69, 9.17) is 5.11 Å². The summed E-state index contributed by atoms with van der Waals surface area (Å²) in [6.45, 7) is 0.872. The van der Waals surface area contributed by atoms with Crippen molar-refractivity contribution in [1.29, 1.82) is 0 Å². The van der Waals surface area contributed by atoms with Gasteiger partial charge in [-0.25, -0.2) is 4.98 Å². The van der Waals surface area contributed by atoms with E-state index in [1.807, 2.05) is 0 Å². The van der Waals surface area contributed by atoms with Crippen LogP contribution in [0.25, 0.3) is 0 Å². The van der Waals surface area contributed by atoms with Gasteiger partial charge in [0.25, 0.3) is 5.56 Å². The second kappa shape index (κ2) is 5.93. The molecule has 0 saturated carbocycles. The van der Waals surface area contributed by atoms with Crippen LogP contribution in [-0.2, 0) is 6.54 Å². The minimum absolute atomic E-state index is 0.0519. The Balaban J connectivity index is 2.51. The molecule has 4 nitrogen and oxygen atoms in total. The lowest BCUT2D eigenvalue weighted by Crippen LogP contribution is -2.20. The number of hydrogen-bond donors (Lipinski definition) is 1. The number of aryl methyl sites for hydroxylation is 1. The van der Waals surface area contributed by atoms with Crippen LogP contribution in [0.3, 0.4) is 0 Å². The maximum absolute atomic E-state index is 11.5. The second-order valence-electron chi connectivity index (χ2n) is 3.02. The van der Waals surface area contributed by atoms with Crippen LogP contribution in [0.15, 0.2) is 21.8 Å². The zero-order valence-corrected chi connectivity index (χ0v) is 9.40. The van der Waals surface area contributed by atoms with Gasteiger partial charge in [0.05, 0.1) is 6.33 Å². The van der Waals surface area contributed by atoms with E-state index in [2.05, 4.69) is 20.9 Å². The molecule has 78 valence electrons. The zero-order chi connectivity index (χ0) is 10.4. The number of aromatic nitrogens is 2. The summed E-state index contributed by atoms with van der Waals surface area (Å²) in [5.41, 5.74) is -0.0519. The van der Waals surface area contributed by atoms with Crippen molar-refractivity contribution < 1.29 is 5.11 Å². The molecule has 0 aliphatic heterocycles. The molecule has 5 heteroatoms. The van der Waals surface area contributed by atoms with E-state index in [1.165, 1.54) is 12.5 Å². The van der Waals surface area contributed by atoms with Gasteiger partial charge in [0.1, 0.15) is 4.47 Å². The second-order valence-corrected chi connectivity index (χ2v) is 3.88. The Kier molecular flexibility index (Phi) is 4.82. The van der Waals surface area contributed by atoms with Crippen molar-refractivity contribution in [2.75, 3.05) is 6.61 Å². The van der Waals surface area contributed by atoms with Gasteiger partial charge in [0, 0.05) is 19.3 Å². The summed E-state index contributed by atoms with van der Waals surface area (Å²) in [6.07, 6.45) is 5.63. The molecule has 0 fully saturated rings. The van der Waals surface area contributed by atoms with Crippen LogP contribution in [0.2, 0.25) is 0 Å². The van der Waals surface area contributed by atoms with Gasteiger partial charge < -0.3 is 5.11 Å². The van der Waals surface area contributed by atoms with E-state index in [-0.39, 0.29) is 12.2 Å². The van der Waals surface area contributed by atoms with Gasteiger partial charge in [0.15, 0.2) is 0 Å². The summed E-state index contributed by atoms with van der Waals surface area (Å²) in [5.74, 6) is 0. The first-order valence-corrected chi connectivity index (χ1v) is 5.36. The molecular formula is C9H13BrN2O2. The maximum atomic E-state index is 11.5. The number of unbranched alkanes of at least 4 members (excludes halogenated alkanes) is 2. The van der Waals surface area contributed by atoms with Gasteiger partial charge in [0.2, 0.25) is 0 Å². The third kappa shape index (κ3) is 3.23. The van der Waals surface area contributed by atoms with Crippen molar-refractivity contribution in [3.63, 3.8) is 0 Å². The first-order chi connectivity index (χ1) is 6.75. The Labute approximate surface area is 90.7 Å². The minimum atomic E-state index is -0.0519. The lowest BCUT2D eigenvalue weighted by atomic mass is 10.2. The number of aliphatic hydroxyl groups is 1. The normalized spacial score (nSPS) is 10.4. The lowest BCUT2D eigenvalue weighted by Gasteiger charge is -2.03. The Bertz CT molecular complexity index is 338. The van der Waals surface area contributed by atoms with E-state index in [1.54, 1.807) is 4.57 Å². The SMILES string of the molecule is O=c1c(Br)cncn1CCCCCO. The van der Waals surface area contributed by atoms with E-state index < -0.39 is 0 Å². The van der Waals surface area contributed by atoms with Crippen LogP contribution < -0.4 is 5.56 Å². The third-order valence-electron chi connectivity index (χ3n) is 1.92. The molecule has 0 spiro atoms. The number of aliphatic hydroxyl groups excluding tert-OH is 1. The molecule has 0 atom stereocenters.